The standard InChI is InChI=1S/C13H14BrClFNO/c14-10-7-9(3-4-11(10)16)12(18)17-13(8-15)5-1-2-6-13/h3-4,7H,1-2,5-6,8H2,(H,17,18). The third-order valence-electron chi connectivity index (χ3n) is 3.38. The van der Waals surface area contributed by atoms with Crippen LogP contribution in [0.3, 0.4) is 0 Å². The van der Waals surface area contributed by atoms with Crippen molar-refractivity contribution in [3.05, 3.63) is 34.1 Å². The van der Waals surface area contributed by atoms with Crippen LogP contribution in [0.2, 0.25) is 0 Å². The summed E-state index contributed by atoms with van der Waals surface area (Å²) < 4.78 is 13.4. The smallest absolute Gasteiger partial charge is 0.251 e. The van der Waals surface area contributed by atoms with Gasteiger partial charge in [0.1, 0.15) is 5.82 Å². The molecule has 0 aliphatic heterocycles. The second-order valence-electron chi connectivity index (χ2n) is 4.70. The summed E-state index contributed by atoms with van der Waals surface area (Å²) in [6.45, 7) is 0. The number of amides is 1. The van der Waals surface area contributed by atoms with Crippen molar-refractivity contribution in [2.45, 2.75) is 31.2 Å². The van der Waals surface area contributed by atoms with Gasteiger partial charge in [-0.1, -0.05) is 12.8 Å². The van der Waals surface area contributed by atoms with Crippen molar-refractivity contribution < 1.29 is 9.18 Å². The lowest BCUT2D eigenvalue weighted by Gasteiger charge is -2.27. The predicted molar refractivity (Wildman–Crippen MR) is 73.5 cm³/mol. The van der Waals surface area contributed by atoms with E-state index in [0.29, 0.717) is 15.9 Å². The van der Waals surface area contributed by atoms with Crippen LogP contribution < -0.4 is 5.32 Å². The van der Waals surface area contributed by atoms with Crippen LogP contribution >= 0.6 is 27.5 Å². The van der Waals surface area contributed by atoms with E-state index >= 15 is 0 Å². The Labute approximate surface area is 119 Å². The highest BCUT2D eigenvalue weighted by Gasteiger charge is 2.34. The van der Waals surface area contributed by atoms with Crippen molar-refractivity contribution in [2.75, 3.05) is 5.88 Å². The van der Waals surface area contributed by atoms with Gasteiger partial charge >= 0.3 is 0 Å². The molecule has 1 amide bonds. The first-order chi connectivity index (χ1) is 8.56. The Morgan fingerprint density at radius 1 is 1.44 bits per heavy atom. The van der Waals surface area contributed by atoms with Crippen molar-refractivity contribution in [3.8, 4) is 0 Å². The molecule has 98 valence electrons. The molecule has 0 spiro atoms. The van der Waals surface area contributed by atoms with Crippen molar-refractivity contribution in [3.63, 3.8) is 0 Å². The zero-order valence-electron chi connectivity index (χ0n) is 9.81. The SMILES string of the molecule is O=C(NC1(CCl)CCCC1)c1ccc(F)c(Br)c1. The van der Waals surface area contributed by atoms with Crippen molar-refractivity contribution in [1.29, 1.82) is 0 Å². The number of carbonyl (C=O) groups is 1. The second-order valence-corrected chi connectivity index (χ2v) is 5.83. The van der Waals surface area contributed by atoms with E-state index < -0.39 is 0 Å². The Morgan fingerprint density at radius 2 is 2.11 bits per heavy atom. The minimum atomic E-state index is -0.375. The summed E-state index contributed by atoms with van der Waals surface area (Å²) in [5.74, 6) is -0.154. The molecule has 1 N–H and O–H groups in total. The summed E-state index contributed by atoms with van der Waals surface area (Å²) in [6.07, 6.45) is 3.98. The van der Waals surface area contributed by atoms with Crippen LogP contribution in [-0.2, 0) is 0 Å². The third-order valence-corrected chi connectivity index (χ3v) is 4.50. The number of benzene rings is 1. The Morgan fingerprint density at radius 3 is 2.67 bits per heavy atom. The van der Waals surface area contributed by atoms with Gasteiger partial charge in [-0.2, -0.15) is 0 Å². The van der Waals surface area contributed by atoms with Gasteiger partial charge in [0.15, 0.2) is 0 Å². The molecule has 1 aromatic carbocycles. The van der Waals surface area contributed by atoms with Gasteiger partial charge in [0.2, 0.25) is 0 Å². The molecule has 1 fully saturated rings. The van der Waals surface area contributed by atoms with E-state index in [-0.39, 0.29) is 17.3 Å². The van der Waals surface area contributed by atoms with Gasteiger partial charge in [0.25, 0.3) is 5.91 Å². The van der Waals surface area contributed by atoms with E-state index in [1.54, 1.807) is 0 Å². The maximum Gasteiger partial charge on any atom is 0.251 e. The van der Waals surface area contributed by atoms with E-state index in [1.165, 1.54) is 18.2 Å². The van der Waals surface area contributed by atoms with Crippen LogP contribution in [0.1, 0.15) is 36.0 Å². The van der Waals surface area contributed by atoms with E-state index in [0.717, 1.165) is 25.7 Å². The molecule has 1 aliphatic carbocycles. The Kier molecular flexibility index (Phi) is 4.28. The van der Waals surface area contributed by atoms with Crippen molar-refractivity contribution >= 4 is 33.4 Å². The fraction of sp³-hybridized carbons (Fsp3) is 0.462. The van der Waals surface area contributed by atoms with Gasteiger partial charge in [-0.25, -0.2) is 4.39 Å². The first-order valence-corrected chi connectivity index (χ1v) is 7.23. The zero-order valence-corrected chi connectivity index (χ0v) is 12.2. The molecule has 1 aromatic rings. The van der Waals surface area contributed by atoms with Gasteiger partial charge in [-0.15, -0.1) is 11.6 Å². The monoisotopic (exact) mass is 333 g/mol. The number of rotatable bonds is 3. The van der Waals surface area contributed by atoms with E-state index in [1.807, 2.05) is 0 Å². The fourth-order valence-corrected chi connectivity index (χ4v) is 3.01. The zero-order chi connectivity index (χ0) is 13.2. The van der Waals surface area contributed by atoms with Crippen LogP contribution in [0.4, 0.5) is 4.39 Å². The number of hydrogen-bond donors (Lipinski definition) is 1. The quantitative estimate of drug-likeness (QED) is 0.835. The number of carbonyl (C=O) groups excluding carboxylic acids is 1. The van der Waals surface area contributed by atoms with E-state index in [2.05, 4.69) is 21.2 Å². The van der Waals surface area contributed by atoms with Crippen LogP contribution in [-0.4, -0.2) is 17.3 Å². The molecule has 0 saturated heterocycles. The third kappa shape index (κ3) is 2.86. The summed E-state index contributed by atoms with van der Waals surface area (Å²) in [5.41, 5.74) is 0.152. The molecule has 1 saturated carbocycles. The first-order valence-electron chi connectivity index (χ1n) is 5.90. The summed E-state index contributed by atoms with van der Waals surface area (Å²) >= 11 is 9.05. The summed E-state index contributed by atoms with van der Waals surface area (Å²) in [5, 5.41) is 2.99. The molecule has 2 nitrogen and oxygen atoms in total. The number of hydrogen-bond acceptors (Lipinski definition) is 1. The van der Waals surface area contributed by atoms with Crippen LogP contribution in [0.25, 0.3) is 0 Å². The largest absolute Gasteiger partial charge is 0.345 e. The summed E-state index contributed by atoms with van der Waals surface area (Å²) in [4.78, 5) is 12.1. The maximum atomic E-state index is 13.1. The molecular formula is C13H14BrClFNO. The van der Waals surface area contributed by atoms with Crippen molar-refractivity contribution in [2.24, 2.45) is 0 Å². The molecule has 5 heteroatoms. The number of halogens is 3. The molecule has 0 bridgehead atoms. The fourth-order valence-electron chi connectivity index (χ4n) is 2.29. The minimum Gasteiger partial charge on any atom is -0.345 e. The van der Waals surface area contributed by atoms with Gasteiger partial charge in [-0.05, 0) is 47.0 Å². The summed E-state index contributed by atoms with van der Waals surface area (Å²) in [7, 11) is 0. The van der Waals surface area contributed by atoms with Gasteiger partial charge in [0, 0.05) is 11.4 Å². The molecule has 0 radical (unpaired) electrons. The van der Waals surface area contributed by atoms with Gasteiger partial charge < -0.3 is 5.32 Å². The average Bonchev–Trinajstić information content (AvgIpc) is 2.82. The highest BCUT2D eigenvalue weighted by atomic mass is 79.9. The molecule has 0 aromatic heterocycles. The molecule has 0 heterocycles. The first kappa shape index (κ1) is 13.8. The Balaban J connectivity index is 2.13. The number of nitrogens with one attached hydrogen (secondary N) is 1. The van der Waals surface area contributed by atoms with E-state index in [9.17, 15) is 9.18 Å². The predicted octanol–water partition coefficient (Wildman–Crippen LogP) is 3.87. The van der Waals surface area contributed by atoms with Crippen LogP contribution in [0, 0.1) is 5.82 Å². The Bertz CT molecular complexity index is 460. The van der Waals surface area contributed by atoms with Gasteiger partial charge in [-0.3, -0.25) is 4.79 Å². The van der Waals surface area contributed by atoms with E-state index in [4.69, 9.17) is 11.6 Å². The van der Waals surface area contributed by atoms with Crippen LogP contribution in [0.15, 0.2) is 22.7 Å². The van der Waals surface area contributed by atoms with Crippen LogP contribution in [0.5, 0.6) is 0 Å². The van der Waals surface area contributed by atoms with Crippen molar-refractivity contribution in [1.82, 2.24) is 5.32 Å². The molecule has 1 aliphatic rings. The Hall–Kier alpha value is -0.610. The summed E-state index contributed by atoms with van der Waals surface area (Å²) in [6, 6.07) is 4.24. The molecular weight excluding hydrogens is 321 g/mol. The highest BCUT2D eigenvalue weighted by molar-refractivity contribution is 9.10. The number of alkyl halides is 1. The lowest BCUT2D eigenvalue weighted by Crippen LogP contribution is -2.47. The second kappa shape index (κ2) is 5.57. The lowest BCUT2D eigenvalue weighted by molar-refractivity contribution is 0.0909. The molecule has 0 unspecified atom stereocenters. The maximum absolute atomic E-state index is 13.1. The molecule has 0 atom stereocenters. The lowest BCUT2D eigenvalue weighted by atomic mass is 9.99. The average molecular weight is 335 g/mol. The van der Waals surface area contributed by atoms with Gasteiger partial charge in [0.05, 0.1) is 10.0 Å². The highest BCUT2D eigenvalue weighted by Crippen LogP contribution is 2.31. The molecule has 2 rings (SSSR count). The topological polar surface area (TPSA) is 29.1 Å². The molecule has 18 heavy (non-hydrogen) atoms. The minimum absolute atomic E-state index is 0.196. The normalized spacial score (nSPS) is 17.7.